The molecule has 1 aromatic carbocycles. The Balaban J connectivity index is 1.81. The Hall–Kier alpha value is -2.67. The zero-order chi connectivity index (χ0) is 17.8. The van der Waals surface area contributed by atoms with Gasteiger partial charge in [0, 0.05) is 12.4 Å². The number of benzene rings is 1. The second kappa shape index (κ2) is 7.48. The quantitative estimate of drug-likeness (QED) is 0.859. The van der Waals surface area contributed by atoms with Crippen molar-refractivity contribution in [1.82, 2.24) is 10.4 Å². The molecule has 0 radical (unpaired) electrons. The molecule has 3 rings (SSSR count). The molecule has 0 unspecified atom stereocenters. The van der Waals surface area contributed by atoms with Crippen molar-refractivity contribution < 1.29 is 19.1 Å². The van der Waals surface area contributed by atoms with E-state index >= 15 is 0 Å². The topological polar surface area (TPSA) is 72.5 Å². The summed E-state index contributed by atoms with van der Waals surface area (Å²) in [4.78, 5) is 24.1. The molecule has 0 aliphatic carbocycles. The van der Waals surface area contributed by atoms with Crippen LogP contribution < -0.4 is 10.5 Å². The number of carboxylic acid groups (broad SMARTS) is 1. The van der Waals surface area contributed by atoms with E-state index in [1.54, 1.807) is 23.5 Å². The summed E-state index contributed by atoms with van der Waals surface area (Å²) in [6, 6.07) is 9.45. The van der Waals surface area contributed by atoms with Crippen LogP contribution in [-0.2, 0) is 9.59 Å². The molecular weight excluding hydrogens is 343 g/mol. The Morgan fingerprint density at radius 1 is 1.20 bits per heavy atom. The number of hydrazine groups is 1. The van der Waals surface area contributed by atoms with E-state index in [-0.39, 0.29) is 37.0 Å². The highest BCUT2D eigenvalue weighted by atomic mass is 32.1. The predicted octanol–water partition coefficient (Wildman–Crippen LogP) is 2.24. The molecule has 130 valence electrons. The van der Waals surface area contributed by atoms with Crippen LogP contribution in [0.4, 0.5) is 4.39 Å². The number of hydrogen-bond donors (Lipinski definition) is 1. The standard InChI is InChI=1S/C18H17FN2O3S/c19-13-8-6-12(7-9-13)15-11-14(16-3-2-10-25-16)20-21(15)17(22)4-1-5-18(23)24/h2-3,6-11,15,20H,1,4-5H2,(H,23,24)/p-1/t15-/m1/s1. The summed E-state index contributed by atoms with van der Waals surface area (Å²) in [5.41, 5.74) is 4.67. The van der Waals surface area contributed by atoms with Gasteiger partial charge in [0.15, 0.2) is 0 Å². The Morgan fingerprint density at radius 3 is 2.60 bits per heavy atom. The normalized spacial score (nSPS) is 16.4. The third-order valence-electron chi connectivity index (χ3n) is 3.88. The number of nitrogens with zero attached hydrogens (tertiary/aromatic N) is 1. The highest BCUT2D eigenvalue weighted by molar-refractivity contribution is 7.11. The van der Waals surface area contributed by atoms with E-state index in [2.05, 4.69) is 5.43 Å². The average molecular weight is 359 g/mol. The lowest BCUT2D eigenvalue weighted by molar-refractivity contribution is -0.305. The largest absolute Gasteiger partial charge is 0.550 e. The van der Waals surface area contributed by atoms with E-state index in [1.807, 2.05) is 23.6 Å². The molecule has 0 spiro atoms. The number of nitrogens with one attached hydrogen (secondary N) is 1. The van der Waals surface area contributed by atoms with E-state index < -0.39 is 5.97 Å². The van der Waals surface area contributed by atoms with E-state index in [4.69, 9.17) is 0 Å². The van der Waals surface area contributed by atoms with Crippen LogP contribution in [0.2, 0.25) is 0 Å². The molecule has 2 heterocycles. The number of halogens is 1. The van der Waals surface area contributed by atoms with Crippen LogP contribution in [0, 0.1) is 5.82 Å². The Kier molecular flexibility index (Phi) is 5.14. The van der Waals surface area contributed by atoms with Gasteiger partial charge >= 0.3 is 0 Å². The molecule has 1 aliphatic rings. The Labute approximate surface area is 148 Å². The van der Waals surface area contributed by atoms with Gasteiger partial charge in [-0.15, -0.1) is 11.3 Å². The average Bonchev–Trinajstić information content (AvgIpc) is 3.24. The zero-order valence-corrected chi connectivity index (χ0v) is 14.1. The molecule has 1 aromatic heterocycles. The molecule has 0 fully saturated rings. The van der Waals surface area contributed by atoms with Crippen LogP contribution in [0.25, 0.3) is 5.70 Å². The first-order valence-electron chi connectivity index (χ1n) is 7.84. The number of aliphatic carboxylic acids is 1. The summed E-state index contributed by atoms with van der Waals surface area (Å²) in [7, 11) is 0. The maximum atomic E-state index is 13.2. The first-order chi connectivity index (χ1) is 12.0. The van der Waals surface area contributed by atoms with Gasteiger partial charge in [-0.05, 0) is 48.1 Å². The van der Waals surface area contributed by atoms with Gasteiger partial charge in [-0.25, -0.2) is 9.40 Å². The third kappa shape index (κ3) is 4.06. The number of amides is 1. The second-order valence-electron chi connectivity index (χ2n) is 5.66. The molecule has 0 saturated carbocycles. The van der Waals surface area contributed by atoms with Crippen LogP contribution in [0.1, 0.15) is 35.7 Å². The van der Waals surface area contributed by atoms with Gasteiger partial charge in [-0.3, -0.25) is 10.2 Å². The molecule has 7 heteroatoms. The minimum atomic E-state index is -1.17. The summed E-state index contributed by atoms with van der Waals surface area (Å²) in [6.45, 7) is 0. The van der Waals surface area contributed by atoms with Crippen molar-refractivity contribution in [2.24, 2.45) is 0 Å². The van der Waals surface area contributed by atoms with Gasteiger partial charge < -0.3 is 9.90 Å². The number of rotatable bonds is 6. The van der Waals surface area contributed by atoms with Crippen LogP contribution >= 0.6 is 11.3 Å². The Bertz CT molecular complexity index is 787. The van der Waals surface area contributed by atoms with Crippen LogP contribution in [0.15, 0.2) is 47.9 Å². The van der Waals surface area contributed by atoms with E-state index in [0.717, 1.165) is 16.1 Å². The van der Waals surface area contributed by atoms with Crippen molar-refractivity contribution in [3.63, 3.8) is 0 Å². The number of hydrogen-bond acceptors (Lipinski definition) is 5. The smallest absolute Gasteiger partial charge is 0.241 e. The summed E-state index contributed by atoms with van der Waals surface area (Å²) in [5.74, 6) is -1.74. The maximum Gasteiger partial charge on any atom is 0.241 e. The van der Waals surface area contributed by atoms with Gasteiger partial charge in [0.2, 0.25) is 5.91 Å². The first-order valence-corrected chi connectivity index (χ1v) is 8.72. The van der Waals surface area contributed by atoms with Crippen molar-refractivity contribution in [1.29, 1.82) is 0 Å². The lowest BCUT2D eigenvalue weighted by Gasteiger charge is -2.25. The number of carbonyl (C=O) groups is 2. The van der Waals surface area contributed by atoms with Crippen molar-refractivity contribution >= 4 is 28.9 Å². The van der Waals surface area contributed by atoms with E-state index in [9.17, 15) is 19.1 Å². The summed E-state index contributed by atoms with van der Waals surface area (Å²) in [6.07, 6.45) is 2.05. The van der Waals surface area contributed by atoms with Gasteiger partial charge in [0.05, 0.1) is 16.6 Å². The lowest BCUT2D eigenvalue weighted by atomic mass is 10.1. The predicted molar refractivity (Wildman–Crippen MR) is 90.3 cm³/mol. The molecule has 2 aromatic rings. The van der Waals surface area contributed by atoms with Crippen molar-refractivity contribution in [2.75, 3.05) is 0 Å². The maximum absolute atomic E-state index is 13.2. The van der Waals surface area contributed by atoms with Crippen LogP contribution in [0.3, 0.4) is 0 Å². The minimum Gasteiger partial charge on any atom is -0.550 e. The third-order valence-corrected chi connectivity index (χ3v) is 4.79. The molecule has 0 saturated heterocycles. The van der Waals surface area contributed by atoms with Crippen molar-refractivity contribution in [3.05, 3.63) is 64.1 Å². The highest BCUT2D eigenvalue weighted by Crippen LogP contribution is 2.33. The SMILES string of the molecule is O=C([O-])CCCC(=O)N1NC(c2cccs2)=C[C@@H]1c1ccc(F)cc1. The van der Waals surface area contributed by atoms with Gasteiger partial charge in [-0.2, -0.15) is 0 Å². The highest BCUT2D eigenvalue weighted by Gasteiger charge is 2.30. The molecule has 25 heavy (non-hydrogen) atoms. The Morgan fingerprint density at radius 2 is 1.96 bits per heavy atom. The lowest BCUT2D eigenvalue weighted by Crippen LogP contribution is -2.39. The van der Waals surface area contributed by atoms with Crippen molar-refractivity contribution in [3.8, 4) is 0 Å². The van der Waals surface area contributed by atoms with Crippen LogP contribution in [-0.4, -0.2) is 16.9 Å². The number of carboxylic acids is 1. The molecular formula is C18H16FN2O3S-. The summed E-state index contributed by atoms with van der Waals surface area (Å²) in [5, 5.41) is 13.9. The molecule has 1 aliphatic heterocycles. The van der Waals surface area contributed by atoms with Gasteiger partial charge in [0.25, 0.3) is 0 Å². The fourth-order valence-electron chi connectivity index (χ4n) is 2.67. The summed E-state index contributed by atoms with van der Waals surface area (Å²) >= 11 is 1.54. The molecule has 1 atom stereocenters. The molecule has 5 nitrogen and oxygen atoms in total. The fourth-order valence-corrected chi connectivity index (χ4v) is 3.37. The fraction of sp³-hybridized carbons (Fsp3) is 0.222. The zero-order valence-electron chi connectivity index (χ0n) is 13.3. The molecule has 1 amide bonds. The van der Waals surface area contributed by atoms with Gasteiger partial charge in [-0.1, -0.05) is 18.2 Å². The van der Waals surface area contributed by atoms with Crippen LogP contribution in [0.5, 0.6) is 0 Å². The molecule has 0 bridgehead atoms. The van der Waals surface area contributed by atoms with E-state index in [1.165, 1.54) is 17.1 Å². The number of thiophene rings is 1. The van der Waals surface area contributed by atoms with Gasteiger partial charge in [0.1, 0.15) is 5.82 Å². The summed E-state index contributed by atoms with van der Waals surface area (Å²) < 4.78 is 13.2. The van der Waals surface area contributed by atoms with E-state index in [0.29, 0.717) is 0 Å². The van der Waals surface area contributed by atoms with Crippen molar-refractivity contribution in [2.45, 2.75) is 25.3 Å². The minimum absolute atomic E-state index is 0.0875. The second-order valence-corrected chi connectivity index (χ2v) is 6.60. The number of carbonyl (C=O) groups excluding carboxylic acids is 2. The molecule has 1 N–H and O–H groups in total. The monoisotopic (exact) mass is 359 g/mol. The first kappa shape index (κ1) is 17.2.